The number of aromatic nitrogens is 2. The maximum Gasteiger partial charge on any atom is 0.307 e. The quantitative estimate of drug-likeness (QED) is 0.766. The number of fused-ring (bicyclic) bond motifs is 1. The fourth-order valence-corrected chi connectivity index (χ4v) is 3.56. The molecule has 0 atom stereocenters. The van der Waals surface area contributed by atoms with E-state index >= 15 is 0 Å². The van der Waals surface area contributed by atoms with Crippen molar-refractivity contribution in [3.63, 3.8) is 0 Å². The SMILES string of the molecule is O=C(O)C/C(=C/c1cncs1)c1nc2cc(Cl)ccc2s1. The highest BCUT2D eigenvalue weighted by atomic mass is 35.5. The van der Waals surface area contributed by atoms with Crippen molar-refractivity contribution in [1.29, 1.82) is 0 Å². The largest absolute Gasteiger partial charge is 0.481 e. The molecule has 0 unspecified atom stereocenters. The number of carbonyl (C=O) groups is 1. The van der Waals surface area contributed by atoms with E-state index in [1.807, 2.05) is 12.1 Å². The third-order valence-electron chi connectivity index (χ3n) is 2.73. The molecule has 0 radical (unpaired) electrons. The molecule has 0 bridgehead atoms. The van der Waals surface area contributed by atoms with Crippen molar-refractivity contribution < 1.29 is 9.90 Å². The molecular formula is C14H9ClN2O2S2. The second kappa shape index (κ2) is 5.93. The summed E-state index contributed by atoms with van der Waals surface area (Å²) in [6.45, 7) is 0. The Morgan fingerprint density at radius 1 is 1.43 bits per heavy atom. The first-order valence-corrected chi connectivity index (χ1v) is 8.06. The van der Waals surface area contributed by atoms with Gasteiger partial charge in [-0.2, -0.15) is 0 Å². The van der Waals surface area contributed by atoms with Crippen LogP contribution in [0.4, 0.5) is 0 Å². The highest BCUT2D eigenvalue weighted by Crippen LogP contribution is 2.32. The van der Waals surface area contributed by atoms with Crippen LogP contribution in [-0.2, 0) is 4.79 Å². The molecule has 0 aliphatic heterocycles. The highest BCUT2D eigenvalue weighted by Gasteiger charge is 2.13. The first-order valence-electron chi connectivity index (χ1n) is 5.99. The van der Waals surface area contributed by atoms with Crippen LogP contribution in [0.15, 0.2) is 29.9 Å². The normalized spacial score (nSPS) is 12.0. The smallest absolute Gasteiger partial charge is 0.307 e. The van der Waals surface area contributed by atoms with Crippen LogP contribution in [0.5, 0.6) is 0 Å². The van der Waals surface area contributed by atoms with E-state index in [1.54, 1.807) is 23.8 Å². The first-order chi connectivity index (χ1) is 10.1. The van der Waals surface area contributed by atoms with Gasteiger partial charge in [0, 0.05) is 21.7 Å². The molecule has 3 rings (SSSR count). The molecule has 106 valence electrons. The molecule has 0 amide bonds. The van der Waals surface area contributed by atoms with Crippen molar-refractivity contribution in [2.75, 3.05) is 0 Å². The van der Waals surface area contributed by atoms with Gasteiger partial charge in [0.1, 0.15) is 5.01 Å². The van der Waals surface area contributed by atoms with Gasteiger partial charge in [0.05, 0.1) is 22.1 Å². The van der Waals surface area contributed by atoms with Gasteiger partial charge >= 0.3 is 5.97 Å². The fraction of sp³-hybridized carbons (Fsp3) is 0.0714. The van der Waals surface area contributed by atoms with Crippen molar-refractivity contribution in [1.82, 2.24) is 9.97 Å². The van der Waals surface area contributed by atoms with E-state index in [-0.39, 0.29) is 6.42 Å². The van der Waals surface area contributed by atoms with Crippen molar-refractivity contribution in [3.05, 3.63) is 44.8 Å². The van der Waals surface area contributed by atoms with Crippen LogP contribution in [0.25, 0.3) is 21.9 Å². The van der Waals surface area contributed by atoms with E-state index in [0.717, 1.165) is 15.1 Å². The molecule has 1 N–H and O–H groups in total. The van der Waals surface area contributed by atoms with Crippen LogP contribution in [0, 0.1) is 0 Å². The van der Waals surface area contributed by atoms with Gasteiger partial charge in [0.25, 0.3) is 0 Å². The Bertz CT molecular complexity index is 825. The summed E-state index contributed by atoms with van der Waals surface area (Å²) in [5.74, 6) is -0.886. The van der Waals surface area contributed by atoms with E-state index in [2.05, 4.69) is 9.97 Å². The fourth-order valence-electron chi connectivity index (χ4n) is 1.86. The zero-order chi connectivity index (χ0) is 14.8. The Labute approximate surface area is 133 Å². The van der Waals surface area contributed by atoms with Crippen molar-refractivity contribution in [2.45, 2.75) is 6.42 Å². The second-order valence-corrected chi connectivity index (χ2v) is 6.66. The molecule has 0 aliphatic rings. The molecule has 0 saturated carbocycles. The second-order valence-electron chi connectivity index (χ2n) is 4.27. The number of halogens is 1. The molecule has 0 spiro atoms. The predicted octanol–water partition coefficient (Wildman–Crippen LogP) is 4.42. The molecule has 4 nitrogen and oxygen atoms in total. The van der Waals surface area contributed by atoms with Crippen molar-refractivity contribution in [2.24, 2.45) is 0 Å². The summed E-state index contributed by atoms with van der Waals surface area (Å²) in [7, 11) is 0. The van der Waals surface area contributed by atoms with Crippen LogP contribution in [0.1, 0.15) is 16.3 Å². The number of carboxylic acids is 1. The van der Waals surface area contributed by atoms with E-state index < -0.39 is 5.97 Å². The maximum absolute atomic E-state index is 11.1. The van der Waals surface area contributed by atoms with Gasteiger partial charge < -0.3 is 5.11 Å². The molecule has 7 heteroatoms. The lowest BCUT2D eigenvalue weighted by Gasteiger charge is -1.99. The number of benzene rings is 1. The lowest BCUT2D eigenvalue weighted by Crippen LogP contribution is -1.96. The summed E-state index contributed by atoms with van der Waals surface area (Å²) in [6, 6.07) is 5.47. The van der Waals surface area contributed by atoms with Gasteiger partial charge in [-0.15, -0.1) is 22.7 Å². The first kappa shape index (κ1) is 14.2. The minimum atomic E-state index is -0.886. The van der Waals surface area contributed by atoms with E-state index in [9.17, 15) is 4.79 Å². The summed E-state index contributed by atoms with van der Waals surface area (Å²) in [6.07, 6.45) is 3.45. The third-order valence-corrected chi connectivity index (χ3v) is 4.80. The van der Waals surface area contributed by atoms with E-state index in [1.165, 1.54) is 22.7 Å². The van der Waals surface area contributed by atoms with E-state index in [0.29, 0.717) is 15.6 Å². The minimum Gasteiger partial charge on any atom is -0.481 e. The number of carboxylic acid groups (broad SMARTS) is 1. The average Bonchev–Trinajstić information content (AvgIpc) is 3.05. The topological polar surface area (TPSA) is 63.1 Å². The van der Waals surface area contributed by atoms with Crippen LogP contribution in [0.3, 0.4) is 0 Å². The molecule has 2 aromatic heterocycles. The summed E-state index contributed by atoms with van der Waals surface area (Å²) < 4.78 is 0.981. The lowest BCUT2D eigenvalue weighted by molar-refractivity contribution is -0.135. The van der Waals surface area contributed by atoms with Gasteiger partial charge in [-0.05, 0) is 24.3 Å². The summed E-state index contributed by atoms with van der Waals surface area (Å²) >= 11 is 8.87. The molecule has 0 saturated heterocycles. The maximum atomic E-state index is 11.1. The predicted molar refractivity (Wildman–Crippen MR) is 86.9 cm³/mol. The minimum absolute atomic E-state index is 0.0779. The molecule has 21 heavy (non-hydrogen) atoms. The molecular weight excluding hydrogens is 328 g/mol. The van der Waals surface area contributed by atoms with Crippen LogP contribution >= 0.6 is 34.3 Å². The van der Waals surface area contributed by atoms with Crippen LogP contribution < -0.4 is 0 Å². The summed E-state index contributed by atoms with van der Waals surface area (Å²) in [5, 5.41) is 10.4. The van der Waals surface area contributed by atoms with E-state index in [4.69, 9.17) is 16.7 Å². The number of thiazole rings is 2. The Morgan fingerprint density at radius 3 is 3.00 bits per heavy atom. The number of aliphatic carboxylic acids is 1. The standard InChI is InChI=1S/C14H9ClN2O2S2/c15-9-1-2-12-11(5-9)17-14(21-12)8(4-13(18)19)3-10-6-16-7-20-10/h1-3,5-7H,4H2,(H,18,19)/b8-3-. The van der Waals surface area contributed by atoms with Crippen LogP contribution in [-0.4, -0.2) is 21.0 Å². The van der Waals surface area contributed by atoms with Gasteiger partial charge in [-0.25, -0.2) is 4.98 Å². The highest BCUT2D eigenvalue weighted by molar-refractivity contribution is 7.19. The number of hydrogen-bond donors (Lipinski definition) is 1. The molecule has 0 aliphatic carbocycles. The molecule has 2 heterocycles. The Balaban J connectivity index is 2.07. The third kappa shape index (κ3) is 3.29. The van der Waals surface area contributed by atoms with Gasteiger partial charge in [-0.1, -0.05) is 11.6 Å². The Hall–Kier alpha value is -1.76. The van der Waals surface area contributed by atoms with Gasteiger partial charge in [0.2, 0.25) is 0 Å². The Kier molecular flexibility index (Phi) is 4.01. The summed E-state index contributed by atoms with van der Waals surface area (Å²) in [4.78, 5) is 20.5. The monoisotopic (exact) mass is 336 g/mol. The Morgan fingerprint density at radius 2 is 2.29 bits per heavy atom. The summed E-state index contributed by atoms with van der Waals surface area (Å²) in [5.41, 5.74) is 3.16. The zero-order valence-corrected chi connectivity index (χ0v) is 13.0. The number of nitrogens with zero attached hydrogens (tertiary/aromatic N) is 2. The zero-order valence-electron chi connectivity index (χ0n) is 10.6. The molecule has 0 fully saturated rings. The number of rotatable bonds is 4. The van der Waals surface area contributed by atoms with Crippen molar-refractivity contribution >= 4 is 62.1 Å². The van der Waals surface area contributed by atoms with Crippen LogP contribution in [0.2, 0.25) is 5.02 Å². The van der Waals surface area contributed by atoms with Gasteiger partial charge in [0.15, 0.2) is 0 Å². The van der Waals surface area contributed by atoms with Crippen molar-refractivity contribution in [3.8, 4) is 0 Å². The lowest BCUT2D eigenvalue weighted by atomic mass is 10.2. The number of hydrogen-bond acceptors (Lipinski definition) is 5. The van der Waals surface area contributed by atoms with Gasteiger partial charge in [-0.3, -0.25) is 9.78 Å². The molecule has 1 aromatic carbocycles. The molecule has 3 aromatic rings. The average molecular weight is 337 g/mol.